The van der Waals surface area contributed by atoms with Gasteiger partial charge in [-0.1, -0.05) is 53.7 Å². The Morgan fingerprint density at radius 1 is 1.06 bits per heavy atom. The van der Waals surface area contributed by atoms with Crippen molar-refractivity contribution in [2.45, 2.75) is 50.2 Å². The summed E-state index contributed by atoms with van der Waals surface area (Å²) < 4.78 is 5.62. The molecule has 158 valence electrons. The average molecular weight is 415 g/mol. The number of hydrogen-bond acceptors (Lipinski definition) is 5. The summed E-state index contributed by atoms with van der Waals surface area (Å²) in [5, 5.41) is 4.37. The van der Waals surface area contributed by atoms with Crippen molar-refractivity contribution in [2.24, 2.45) is 0 Å². The maximum atomic E-state index is 12.6. The molecular weight excluding hydrogens is 388 g/mol. The lowest BCUT2D eigenvalue weighted by atomic mass is 9.94. The fraction of sp³-hybridized carbons (Fsp3) is 0.400. The molecule has 0 radical (unpaired) electrons. The van der Waals surface area contributed by atoms with Crippen LogP contribution in [0.15, 0.2) is 59.1 Å². The minimum Gasteiger partial charge on any atom is -0.339 e. The number of hydrogen-bond donors (Lipinski definition) is 0. The number of carbonyl (C=O) groups is 1. The Balaban J connectivity index is 1.15. The first-order valence-electron chi connectivity index (χ1n) is 11.3. The van der Waals surface area contributed by atoms with Gasteiger partial charge in [-0.2, -0.15) is 4.98 Å². The lowest BCUT2D eigenvalue weighted by Gasteiger charge is -2.24. The van der Waals surface area contributed by atoms with Crippen LogP contribution in [0.4, 0.5) is 0 Å². The van der Waals surface area contributed by atoms with Gasteiger partial charge in [0, 0.05) is 43.1 Å². The lowest BCUT2D eigenvalue weighted by Crippen LogP contribution is -2.27. The molecule has 0 unspecified atom stereocenters. The highest BCUT2D eigenvalue weighted by atomic mass is 16.5. The van der Waals surface area contributed by atoms with Crippen LogP contribution >= 0.6 is 0 Å². The second kappa shape index (κ2) is 7.61. The highest BCUT2D eigenvalue weighted by molar-refractivity contribution is 5.98. The largest absolute Gasteiger partial charge is 0.339 e. The fourth-order valence-corrected chi connectivity index (χ4v) is 5.69. The van der Waals surface area contributed by atoms with Crippen LogP contribution in [0, 0.1) is 0 Å². The van der Waals surface area contributed by atoms with Gasteiger partial charge in [-0.15, -0.1) is 0 Å². The van der Waals surface area contributed by atoms with Gasteiger partial charge in [-0.05, 0) is 43.0 Å². The third-order valence-corrected chi connectivity index (χ3v) is 7.18. The molecule has 2 aromatic carbocycles. The molecule has 6 rings (SSSR count). The van der Waals surface area contributed by atoms with Crippen LogP contribution in [0.5, 0.6) is 0 Å². The molecular formula is C25H26N4O2. The second-order valence-electron chi connectivity index (χ2n) is 8.90. The first-order valence-corrected chi connectivity index (χ1v) is 11.3. The maximum absolute atomic E-state index is 12.6. The lowest BCUT2D eigenvalue weighted by molar-refractivity contribution is 0.0777. The van der Waals surface area contributed by atoms with Gasteiger partial charge in [0.05, 0.1) is 0 Å². The van der Waals surface area contributed by atoms with E-state index in [2.05, 4.69) is 40.4 Å². The van der Waals surface area contributed by atoms with Crippen molar-refractivity contribution in [3.63, 3.8) is 0 Å². The molecule has 1 aromatic heterocycles. The number of fused-ring (bicyclic) bond motifs is 2. The predicted octanol–water partition coefficient (Wildman–Crippen LogP) is 3.96. The molecule has 0 N–H and O–H groups in total. The molecule has 2 saturated heterocycles. The summed E-state index contributed by atoms with van der Waals surface area (Å²) in [5.74, 6) is 1.87. The first-order chi connectivity index (χ1) is 15.3. The van der Waals surface area contributed by atoms with Crippen LogP contribution in [0.3, 0.4) is 0 Å². The molecule has 0 aliphatic carbocycles. The molecule has 6 nitrogen and oxygen atoms in total. The van der Waals surface area contributed by atoms with Crippen LogP contribution < -0.4 is 0 Å². The molecule has 3 atom stereocenters. The van der Waals surface area contributed by atoms with E-state index < -0.39 is 0 Å². The van der Waals surface area contributed by atoms with Gasteiger partial charge in [0.15, 0.2) is 5.82 Å². The SMILES string of the molecule is O=C1c2ccccc2CN1CCc1nc([C@H]2C[C@@H](c3ccccc3)N3CCC[C@H]23)no1. The highest BCUT2D eigenvalue weighted by Gasteiger charge is 2.46. The molecule has 3 aliphatic rings. The molecule has 3 aliphatic heterocycles. The van der Waals surface area contributed by atoms with E-state index >= 15 is 0 Å². The number of aromatic nitrogens is 2. The molecule has 4 heterocycles. The molecule has 2 fully saturated rings. The quantitative estimate of drug-likeness (QED) is 0.632. The van der Waals surface area contributed by atoms with Gasteiger partial charge < -0.3 is 9.42 Å². The fourth-order valence-electron chi connectivity index (χ4n) is 5.69. The van der Waals surface area contributed by atoms with E-state index in [0.717, 1.165) is 29.9 Å². The molecule has 3 aromatic rings. The standard InChI is InChI=1S/C25H26N4O2/c30-25-19-10-5-4-9-18(19)16-28(25)14-12-23-26-24(27-31-23)20-15-22(17-7-2-1-3-8-17)29-13-6-11-21(20)29/h1-5,7-10,20-22H,6,11-16H2/t20-,21+,22-/m0/s1. The number of benzene rings is 2. The Morgan fingerprint density at radius 3 is 2.77 bits per heavy atom. The van der Waals surface area contributed by atoms with Crippen LogP contribution in [0.1, 0.15) is 64.4 Å². The van der Waals surface area contributed by atoms with Gasteiger partial charge in [0.1, 0.15) is 0 Å². The summed E-state index contributed by atoms with van der Waals surface area (Å²) in [6, 6.07) is 19.5. The molecule has 6 heteroatoms. The smallest absolute Gasteiger partial charge is 0.254 e. The van der Waals surface area contributed by atoms with E-state index in [-0.39, 0.29) is 5.91 Å². The van der Waals surface area contributed by atoms with Crippen molar-refractivity contribution in [1.82, 2.24) is 19.9 Å². The number of amides is 1. The van der Waals surface area contributed by atoms with Gasteiger partial charge in [-0.25, -0.2) is 0 Å². The Hall–Kier alpha value is -2.99. The van der Waals surface area contributed by atoms with E-state index in [1.807, 2.05) is 29.2 Å². The van der Waals surface area contributed by atoms with E-state index in [1.54, 1.807) is 0 Å². The van der Waals surface area contributed by atoms with E-state index in [0.29, 0.717) is 43.4 Å². The topological polar surface area (TPSA) is 62.5 Å². The summed E-state index contributed by atoms with van der Waals surface area (Å²) >= 11 is 0. The van der Waals surface area contributed by atoms with Crippen LogP contribution in [-0.2, 0) is 13.0 Å². The zero-order valence-electron chi connectivity index (χ0n) is 17.5. The molecule has 0 saturated carbocycles. The Bertz CT molecular complexity index is 1100. The van der Waals surface area contributed by atoms with Gasteiger partial charge in [0.2, 0.25) is 5.89 Å². The molecule has 1 amide bonds. The maximum Gasteiger partial charge on any atom is 0.254 e. The second-order valence-corrected chi connectivity index (χ2v) is 8.90. The van der Waals surface area contributed by atoms with Crippen LogP contribution in [0.25, 0.3) is 0 Å². The normalized spacial score (nSPS) is 25.2. The average Bonchev–Trinajstić information content (AvgIpc) is 3.57. The summed E-state index contributed by atoms with van der Waals surface area (Å²) in [6.07, 6.45) is 4.05. The summed E-state index contributed by atoms with van der Waals surface area (Å²) in [4.78, 5) is 21.9. The summed E-state index contributed by atoms with van der Waals surface area (Å²) in [5.41, 5.74) is 3.29. The Kier molecular flexibility index (Phi) is 4.60. The third-order valence-electron chi connectivity index (χ3n) is 7.18. The van der Waals surface area contributed by atoms with Crippen molar-refractivity contribution < 1.29 is 9.32 Å². The van der Waals surface area contributed by atoms with Crippen molar-refractivity contribution >= 4 is 5.91 Å². The number of nitrogens with zero attached hydrogens (tertiary/aromatic N) is 4. The van der Waals surface area contributed by atoms with E-state index in [4.69, 9.17) is 9.51 Å². The van der Waals surface area contributed by atoms with Crippen molar-refractivity contribution in [2.75, 3.05) is 13.1 Å². The van der Waals surface area contributed by atoms with E-state index in [9.17, 15) is 4.79 Å². The summed E-state index contributed by atoms with van der Waals surface area (Å²) in [6.45, 7) is 2.40. The number of rotatable bonds is 5. The monoisotopic (exact) mass is 414 g/mol. The van der Waals surface area contributed by atoms with Crippen molar-refractivity contribution in [3.05, 3.63) is 83.0 Å². The molecule has 0 spiro atoms. The van der Waals surface area contributed by atoms with Gasteiger partial charge >= 0.3 is 0 Å². The van der Waals surface area contributed by atoms with Crippen LogP contribution in [-0.4, -0.2) is 45.0 Å². The van der Waals surface area contributed by atoms with E-state index in [1.165, 1.54) is 18.4 Å². The zero-order chi connectivity index (χ0) is 20.8. The van der Waals surface area contributed by atoms with Gasteiger partial charge in [0.25, 0.3) is 5.91 Å². The van der Waals surface area contributed by atoms with Crippen LogP contribution in [0.2, 0.25) is 0 Å². The minimum absolute atomic E-state index is 0.0958. The number of carbonyl (C=O) groups excluding carboxylic acids is 1. The van der Waals surface area contributed by atoms with Crippen molar-refractivity contribution in [1.29, 1.82) is 0 Å². The minimum atomic E-state index is 0.0958. The Morgan fingerprint density at radius 2 is 1.90 bits per heavy atom. The summed E-state index contributed by atoms with van der Waals surface area (Å²) in [7, 11) is 0. The third kappa shape index (κ3) is 3.26. The zero-order valence-corrected chi connectivity index (χ0v) is 17.5. The molecule has 31 heavy (non-hydrogen) atoms. The first kappa shape index (κ1) is 18.8. The molecule has 0 bridgehead atoms. The Labute approximate surface area is 181 Å². The van der Waals surface area contributed by atoms with Crippen molar-refractivity contribution in [3.8, 4) is 0 Å². The highest BCUT2D eigenvalue weighted by Crippen LogP contribution is 2.48. The predicted molar refractivity (Wildman–Crippen MR) is 115 cm³/mol. The van der Waals surface area contributed by atoms with Gasteiger partial charge in [-0.3, -0.25) is 9.69 Å².